The van der Waals surface area contributed by atoms with Crippen molar-refractivity contribution < 1.29 is 4.79 Å². The molecule has 19 heavy (non-hydrogen) atoms. The third-order valence-electron chi connectivity index (χ3n) is 3.95. The Balaban J connectivity index is 1.97. The first-order valence-corrected chi connectivity index (χ1v) is 7.58. The number of fused-ring (bicyclic) bond motifs is 1. The van der Waals surface area contributed by atoms with Crippen LogP contribution in [-0.4, -0.2) is 10.4 Å². The molecule has 2 nitrogen and oxygen atoms in total. The van der Waals surface area contributed by atoms with E-state index in [0.29, 0.717) is 12.2 Å². The molecular formula is C16H19NOS. The minimum atomic E-state index is 0.0880. The molecule has 3 rings (SSSR count). The predicted octanol–water partition coefficient (Wildman–Crippen LogP) is 4.06. The van der Waals surface area contributed by atoms with Gasteiger partial charge in [0.15, 0.2) is 5.78 Å². The normalized spacial score (nSPS) is 17.5. The number of nitrogens with zero attached hydrogens (tertiary/aromatic N) is 1. The topological polar surface area (TPSA) is 22.0 Å². The van der Waals surface area contributed by atoms with Crippen LogP contribution in [0.4, 0.5) is 0 Å². The van der Waals surface area contributed by atoms with Crippen LogP contribution >= 0.6 is 11.3 Å². The van der Waals surface area contributed by atoms with Gasteiger partial charge in [-0.3, -0.25) is 4.79 Å². The molecule has 2 heterocycles. The molecule has 0 aliphatic heterocycles. The average molecular weight is 273 g/mol. The zero-order valence-electron chi connectivity index (χ0n) is 11.7. The van der Waals surface area contributed by atoms with E-state index in [1.807, 2.05) is 6.07 Å². The van der Waals surface area contributed by atoms with Gasteiger partial charge in [0.1, 0.15) is 0 Å². The van der Waals surface area contributed by atoms with Crippen molar-refractivity contribution in [2.75, 3.05) is 0 Å². The van der Waals surface area contributed by atoms with Crippen molar-refractivity contribution in [1.29, 1.82) is 0 Å². The second-order valence-electron chi connectivity index (χ2n) is 6.27. The van der Waals surface area contributed by atoms with Crippen LogP contribution in [-0.2, 0) is 13.0 Å². The quantitative estimate of drug-likeness (QED) is 0.808. The number of Topliss-reactive ketones (excluding diaryl/α,β-unsaturated/α-hetero) is 1. The molecule has 1 aliphatic carbocycles. The summed E-state index contributed by atoms with van der Waals surface area (Å²) in [6.07, 6.45) is 3.73. The third-order valence-corrected chi connectivity index (χ3v) is 4.95. The molecule has 100 valence electrons. The molecule has 0 saturated heterocycles. The third kappa shape index (κ3) is 2.27. The number of rotatable bonds is 2. The molecule has 0 saturated carbocycles. The van der Waals surface area contributed by atoms with Gasteiger partial charge in [-0.1, -0.05) is 13.8 Å². The Morgan fingerprint density at radius 1 is 1.32 bits per heavy atom. The molecule has 0 fully saturated rings. The van der Waals surface area contributed by atoms with Gasteiger partial charge < -0.3 is 4.57 Å². The fourth-order valence-electron chi connectivity index (χ4n) is 2.87. The van der Waals surface area contributed by atoms with Gasteiger partial charge in [0.05, 0.1) is 6.54 Å². The maximum atomic E-state index is 12.2. The van der Waals surface area contributed by atoms with E-state index in [2.05, 4.69) is 43.0 Å². The van der Waals surface area contributed by atoms with E-state index in [1.54, 1.807) is 11.3 Å². The lowest BCUT2D eigenvalue weighted by Gasteiger charge is -2.29. The summed E-state index contributed by atoms with van der Waals surface area (Å²) in [5, 5.41) is 2.13. The first-order chi connectivity index (χ1) is 8.96. The number of carbonyl (C=O) groups excluding carboxylic acids is 1. The van der Waals surface area contributed by atoms with Crippen LogP contribution in [0.25, 0.3) is 0 Å². The molecule has 0 unspecified atom stereocenters. The van der Waals surface area contributed by atoms with Crippen LogP contribution in [0, 0.1) is 12.3 Å². The van der Waals surface area contributed by atoms with Gasteiger partial charge in [-0.2, -0.15) is 0 Å². The molecule has 0 bridgehead atoms. The van der Waals surface area contributed by atoms with Crippen LogP contribution < -0.4 is 0 Å². The van der Waals surface area contributed by atoms with Gasteiger partial charge in [0.2, 0.25) is 0 Å². The van der Waals surface area contributed by atoms with Gasteiger partial charge in [-0.25, -0.2) is 0 Å². The summed E-state index contributed by atoms with van der Waals surface area (Å²) in [6.45, 7) is 7.40. The van der Waals surface area contributed by atoms with Gasteiger partial charge in [-0.15, -0.1) is 11.3 Å². The maximum absolute atomic E-state index is 12.2. The molecule has 1 aliphatic rings. The number of hydrogen-bond donors (Lipinski definition) is 0. The lowest BCUT2D eigenvalue weighted by Crippen LogP contribution is -2.28. The van der Waals surface area contributed by atoms with Crippen molar-refractivity contribution in [3.05, 3.63) is 45.4 Å². The Morgan fingerprint density at radius 2 is 2.11 bits per heavy atom. The molecule has 0 N–H and O–H groups in total. The number of thiophene rings is 1. The van der Waals surface area contributed by atoms with Crippen molar-refractivity contribution in [3.63, 3.8) is 0 Å². The smallest absolute Gasteiger partial charge is 0.165 e. The zero-order chi connectivity index (χ0) is 13.6. The summed E-state index contributed by atoms with van der Waals surface area (Å²) in [5.74, 6) is 0.299. The highest BCUT2D eigenvalue weighted by Crippen LogP contribution is 2.35. The fourth-order valence-corrected chi connectivity index (χ4v) is 3.77. The molecule has 0 aromatic carbocycles. The monoisotopic (exact) mass is 273 g/mol. The van der Waals surface area contributed by atoms with E-state index in [0.717, 1.165) is 18.5 Å². The highest BCUT2D eigenvalue weighted by Gasteiger charge is 2.32. The van der Waals surface area contributed by atoms with E-state index in [-0.39, 0.29) is 5.41 Å². The average Bonchev–Trinajstić information content (AvgIpc) is 2.87. The summed E-state index contributed by atoms with van der Waals surface area (Å²) in [5.41, 5.74) is 3.58. The van der Waals surface area contributed by atoms with E-state index >= 15 is 0 Å². The Labute approximate surface area is 118 Å². The second-order valence-corrected chi connectivity index (χ2v) is 7.27. The molecule has 2 aromatic rings. The van der Waals surface area contributed by atoms with Gasteiger partial charge in [-0.05, 0) is 41.8 Å². The van der Waals surface area contributed by atoms with E-state index in [9.17, 15) is 4.79 Å². The molecule has 3 heteroatoms. The lowest BCUT2D eigenvalue weighted by molar-refractivity contribution is 0.0910. The van der Waals surface area contributed by atoms with Gasteiger partial charge in [0, 0.05) is 28.8 Å². The molecular weight excluding hydrogens is 254 g/mol. The molecule has 0 amide bonds. The number of aromatic nitrogens is 1. The Bertz CT molecular complexity index is 633. The van der Waals surface area contributed by atoms with E-state index in [4.69, 9.17) is 0 Å². The van der Waals surface area contributed by atoms with Crippen LogP contribution in [0.1, 0.15) is 46.8 Å². The Morgan fingerprint density at radius 3 is 2.79 bits per heavy atom. The van der Waals surface area contributed by atoms with E-state index in [1.165, 1.54) is 16.1 Å². The summed E-state index contributed by atoms with van der Waals surface area (Å²) >= 11 is 1.79. The van der Waals surface area contributed by atoms with Crippen molar-refractivity contribution in [2.24, 2.45) is 5.41 Å². The highest BCUT2D eigenvalue weighted by molar-refractivity contribution is 7.10. The first-order valence-electron chi connectivity index (χ1n) is 6.70. The summed E-state index contributed by atoms with van der Waals surface area (Å²) in [7, 11) is 0. The SMILES string of the molecule is Cc1ccsc1Cn1ccc2c1CC(C)(C)CC2=O. The number of aryl methyl sites for hydroxylation is 1. The summed E-state index contributed by atoms with van der Waals surface area (Å²) < 4.78 is 2.26. The molecule has 0 spiro atoms. The fraction of sp³-hybridized carbons (Fsp3) is 0.438. The molecule has 0 atom stereocenters. The largest absolute Gasteiger partial charge is 0.345 e. The summed E-state index contributed by atoms with van der Waals surface area (Å²) in [6, 6.07) is 4.15. The van der Waals surface area contributed by atoms with Crippen LogP contribution in [0.5, 0.6) is 0 Å². The zero-order valence-corrected chi connectivity index (χ0v) is 12.5. The molecule has 0 radical (unpaired) electrons. The number of hydrogen-bond acceptors (Lipinski definition) is 2. The maximum Gasteiger partial charge on any atom is 0.165 e. The Hall–Kier alpha value is -1.35. The van der Waals surface area contributed by atoms with Crippen molar-refractivity contribution in [3.8, 4) is 0 Å². The minimum absolute atomic E-state index is 0.0880. The van der Waals surface area contributed by atoms with E-state index < -0.39 is 0 Å². The van der Waals surface area contributed by atoms with Crippen LogP contribution in [0.15, 0.2) is 23.7 Å². The minimum Gasteiger partial charge on any atom is -0.345 e. The van der Waals surface area contributed by atoms with Gasteiger partial charge in [0.25, 0.3) is 0 Å². The lowest BCUT2D eigenvalue weighted by atomic mass is 9.76. The number of ketones is 1. The first kappa shape index (κ1) is 12.7. The van der Waals surface area contributed by atoms with Crippen LogP contribution in [0.2, 0.25) is 0 Å². The standard InChI is InChI=1S/C16H19NOS/c1-11-5-7-19-15(11)10-17-6-4-12-13(17)8-16(2,3)9-14(12)18/h4-7H,8-10H2,1-3H3. The molecule has 2 aromatic heterocycles. The van der Waals surface area contributed by atoms with Gasteiger partial charge >= 0.3 is 0 Å². The summed E-state index contributed by atoms with van der Waals surface area (Å²) in [4.78, 5) is 13.6. The van der Waals surface area contributed by atoms with Crippen LogP contribution in [0.3, 0.4) is 0 Å². The highest BCUT2D eigenvalue weighted by atomic mass is 32.1. The number of carbonyl (C=O) groups is 1. The second kappa shape index (κ2) is 4.34. The van der Waals surface area contributed by atoms with Crippen molar-refractivity contribution in [1.82, 2.24) is 4.57 Å². The Kier molecular flexibility index (Phi) is 2.90. The predicted molar refractivity (Wildman–Crippen MR) is 79.0 cm³/mol. The van der Waals surface area contributed by atoms with Crippen molar-refractivity contribution in [2.45, 2.75) is 40.2 Å². The van der Waals surface area contributed by atoms with Crippen molar-refractivity contribution >= 4 is 17.1 Å².